The smallest absolute Gasteiger partial charge is 0.223 e. The monoisotopic (exact) mass is 292 g/mol. The molecule has 0 saturated heterocycles. The maximum absolute atomic E-state index is 11.6. The molecule has 2 N–H and O–H groups in total. The molecule has 4 heteroatoms. The van der Waals surface area contributed by atoms with Crippen molar-refractivity contribution in [3.63, 3.8) is 0 Å². The fourth-order valence-electron chi connectivity index (χ4n) is 1.93. The standard InChI is InChI=1S/C17H28N2O2/c1-13(2)11-18-12-15-7-5-6-8-16(15)21-10-9-17(20)19-14(3)4/h5-8,13-14,18H,9-12H2,1-4H3,(H,19,20). The molecule has 1 amide bonds. The molecule has 21 heavy (non-hydrogen) atoms. The van der Waals surface area contributed by atoms with Gasteiger partial charge in [-0.3, -0.25) is 4.79 Å². The van der Waals surface area contributed by atoms with Crippen molar-refractivity contribution in [1.82, 2.24) is 10.6 Å². The summed E-state index contributed by atoms with van der Waals surface area (Å²) >= 11 is 0. The number of para-hydroxylation sites is 1. The molecule has 1 aromatic carbocycles. The summed E-state index contributed by atoms with van der Waals surface area (Å²) < 4.78 is 5.75. The van der Waals surface area contributed by atoms with Gasteiger partial charge in [-0.25, -0.2) is 0 Å². The largest absolute Gasteiger partial charge is 0.493 e. The summed E-state index contributed by atoms with van der Waals surface area (Å²) in [5.74, 6) is 1.50. The van der Waals surface area contributed by atoms with Crippen LogP contribution in [0.25, 0.3) is 0 Å². The average molecular weight is 292 g/mol. The fraction of sp³-hybridized carbons (Fsp3) is 0.588. The Morgan fingerprint density at radius 3 is 2.57 bits per heavy atom. The van der Waals surface area contributed by atoms with Crippen LogP contribution >= 0.6 is 0 Å². The topological polar surface area (TPSA) is 50.4 Å². The van der Waals surface area contributed by atoms with Gasteiger partial charge in [0.15, 0.2) is 0 Å². The van der Waals surface area contributed by atoms with E-state index in [0.717, 1.165) is 24.4 Å². The number of ether oxygens (including phenoxy) is 1. The van der Waals surface area contributed by atoms with Crippen LogP contribution in [0.3, 0.4) is 0 Å². The molecule has 0 bridgehead atoms. The first-order valence-corrected chi connectivity index (χ1v) is 7.69. The molecule has 0 aliphatic heterocycles. The third-order valence-corrected chi connectivity index (χ3v) is 2.88. The van der Waals surface area contributed by atoms with Gasteiger partial charge < -0.3 is 15.4 Å². The molecule has 0 heterocycles. The summed E-state index contributed by atoms with van der Waals surface area (Å²) in [5.41, 5.74) is 1.13. The second-order valence-electron chi connectivity index (χ2n) is 5.95. The van der Waals surface area contributed by atoms with Crippen LogP contribution in [0.4, 0.5) is 0 Å². The van der Waals surface area contributed by atoms with Gasteiger partial charge >= 0.3 is 0 Å². The minimum atomic E-state index is 0.0282. The van der Waals surface area contributed by atoms with E-state index in [1.54, 1.807) is 0 Å². The van der Waals surface area contributed by atoms with Crippen LogP contribution in [0.2, 0.25) is 0 Å². The van der Waals surface area contributed by atoms with Crippen molar-refractivity contribution >= 4 is 5.91 Å². The van der Waals surface area contributed by atoms with E-state index >= 15 is 0 Å². The van der Waals surface area contributed by atoms with E-state index in [-0.39, 0.29) is 11.9 Å². The van der Waals surface area contributed by atoms with Crippen LogP contribution in [0, 0.1) is 5.92 Å². The molecule has 0 radical (unpaired) electrons. The molecule has 0 aliphatic rings. The van der Waals surface area contributed by atoms with E-state index in [2.05, 4.69) is 30.5 Å². The second-order valence-corrected chi connectivity index (χ2v) is 5.95. The van der Waals surface area contributed by atoms with Gasteiger partial charge in [0.1, 0.15) is 5.75 Å². The number of nitrogens with one attached hydrogen (secondary N) is 2. The highest BCUT2D eigenvalue weighted by molar-refractivity contribution is 5.76. The zero-order chi connectivity index (χ0) is 15.7. The lowest BCUT2D eigenvalue weighted by Crippen LogP contribution is -2.31. The van der Waals surface area contributed by atoms with Crippen molar-refractivity contribution in [2.24, 2.45) is 5.92 Å². The van der Waals surface area contributed by atoms with E-state index < -0.39 is 0 Å². The summed E-state index contributed by atoms with van der Waals surface area (Å²) in [5, 5.41) is 6.27. The lowest BCUT2D eigenvalue weighted by molar-refractivity contribution is -0.122. The number of hydrogen-bond donors (Lipinski definition) is 2. The van der Waals surface area contributed by atoms with Crippen molar-refractivity contribution < 1.29 is 9.53 Å². The number of benzene rings is 1. The first-order chi connectivity index (χ1) is 9.99. The highest BCUT2D eigenvalue weighted by Crippen LogP contribution is 2.17. The predicted molar refractivity (Wildman–Crippen MR) is 86.4 cm³/mol. The Morgan fingerprint density at radius 2 is 1.90 bits per heavy atom. The van der Waals surface area contributed by atoms with Gasteiger partial charge in [0.2, 0.25) is 5.91 Å². The maximum Gasteiger partial charge on any atom is 0.223 e. The molecule has 0 aliphatic carbocycles. The summed E-state index contributed by atoms with van der Waals surface area (Å²) in [6.07, 6.45) is 0.381. The first-order valence-electron chi connectivity index (χ1n) is 7.69. The van der Waals surface area contributed by atoms with Crippen LogP contribution in [-0.4, -0.2) is 25.1 Å². The van der Waals surface area contributed by atoms with Crippen LogP contribution < -0.4 is 15.4 Å². The second kappa shape index (κ2) is 9.40. The van der Waals surface area contributed by atoms with Crippen molar-refractivity contribution in [3.8, 4) is 5.75 Å². The summed E-state index contributed by atoms with van der Waals surface area (Å²) in [4.78, 5) is 11.6. The fourth-order valence-corrected chi connectivity index (χ4v) is 1.93. The highest BCUT2D eigenvalue weighted by atomic mass is 16.5. The minimum Gasteiger partial charge on any atom is -0.493 e. The lowest BCUT2D eigenvalue weighted by Gasteiger charge is -2.13. The van der Waals surface area contributed by atoms with Gasteiger partial charge in [-0.1, -0.05) is 32.0 Å². The SMILES string of the molecule is CC(C)CNCc1ccccc1OCCC(=O)NC(C)C. The Bertz CT molecular complexity index is 431. The molecule has 118 valence electrons. The van der Waals surface area contributed by atoms with E-state index in [0.29, 0.717) is 18.9 Å². The van der Waals surface area contributed by atoms with Gasteiger partial charge in [-0.15, -0.1) is 0 Å². The van der Waals surface area contributed by atoms with E-state index in [9.17, 15) is 4.79 Å². The summed E-state index contributed by atoms with van der Waals surface area (Å²) in [6, 6.07) is 8.13. The van der Waals surface area contributed by atoms with Gasteiger partial charge in [0, 0.05) is 18.2 Å². The Labute approximate surface area is 128 Å². The summed E-state index contributed by atoms with van der Waals surface area (Å²) in [6.45, 7) is 10.4. The molecule has 0 spiro atoms. The van der Waals surface area contributed by atoms with Crippen LogP contribution in [0.15, 0.2) is 24.3 Å². The zero-order valence-electron chi connectivity index (χ0n) is 13.6. The number of carbonyl (C=O) groups is 1. The molecule has 0 saturated carbocycles. The minimum absolute atomic E-state index is 0.0282. The number of carbonyl (C=O) groups excluding carboxylic acids is 1. The van der Waals surface area contributed by atoms with Crippen LogP contribution in [-0.2, 0) is 11.3 Å². The molecule has 4 nitrogen and oxygen atoms in total. The van der Waals surface area contributed by atoms with Crippen molar-refractivity contribution in [2.75, 3.05) is 13.2 Å². The van der Waals surface area contributed by atoms with Crippen LogP contribution in [0.5, 0.6) is 5.75 Å². The Morgan fingerprint density at radius 1 is 1.19 bits per heavy atom. The summed E-state index contributed by atoms with van der Waals surface area (Å²) in [7, 11) is 0. The number of amides is 1. The van der Waals surface area contributed by atoms with Crippen molar-refractivity contribution in [2.45, 2.75) is 46.7 Å². The van der Waals surface area contributed by atoms with E-state index in [1.165, 1.54) is 0 Å². The predicted octanol–water partition coefficient (Wildman–Crippen LogP) is 2.73. The normalized spacial score (nSPS) is 11.0. The molecule has 0 unspecified atom stereocenters. The van der Waals surface area contributed by atoms with Crippen LogP contribution in [0.1, 0.15) is 39.7 Å². The lowest BCUT2D eigenvalue weighted by atomic mass is 10.2. The molecular weight excluding hydrogens is 264 g/mol. The zero-order valence-corrected chi connectivity index (χ0v) is 13.6. The van der Waals surface area contributed by atoms with Crippen molar-refractivity contribution in [1.29, 1.82) is 0 Å². The Balaban J connectivity index is 2.42. The molecule has 0 atom stereocenters. The van der Waals surface area contributed by atoms with Gasteiger partial charge in [0.05, 0.1) is 13.0 Å². The third-order valence-electron chi connectivity index (χ3n) is 2.88. The molecule has 0 aromatic heterocycles. The Hall–Kier alpha value is -1.55. The molecular formula is C17H28N2O2. The molecule has 0 fully saturated rings. The van der Waals surface area contributed by atoms with Gasteiger partial charge in [-0.05, 0) is 32.4 Å². The number of rotatable bonds is 9. The van der Waals surface area contributed by atoms with Gasteiger partial charge in [-0.2, -0.15) is 0 Å². The number of hydrogen-bond acceptors (Lipinski definition) is 3. The average Bonchev–Trinajstić information content (AvgIpc) is 2.39. The molecule has 1 aromatic rings. The first kappa shape index (κ1) is 17.5. The van der Waals surface area contributed by atoms with E-state index in [1.807, 2.05) is 32.0 Å². The maximum atomic E-state index is 11.6. The quantitative estimate of drug-likeness (QED) is 0.736. The van der Waals surface area contributed by atoms with Crippen molar-refractivity contribution in [3.05, 3.63) is 29.8 Å². The third kappa shape index (κ3) is 7.71. The van der Waals surface area contributed by atoms with E-state index in [4.69, 9.17) is 4.74 Å². The highest BCUT2D eigenvalue weighted by Gasteiger charge is 2.06. The Kier molecular flexibility index (Phi) is 7.83. The van der Waals surface area contributed by atoms with Gasteiger partial charge in [0.25, 0.3) is 0 Å². The molecule has 1 rings (SSSR count).